The third-order valence-corrected chi connectivity index (χ3v) is 4.31. The number of rotatable bonds is 5. The van der Waals surface area contributed by atoms with Crippen LogP contribution >= 0.6 is 0 Å². The highest BCUT2D eigenvalue weighted by Crippen LogP contribution is 2.22. The molecule has 6 nitrogen and oxygen atoms in total. The third-order valence-electron chi connectivity index (χ3n) is 3.17. The number of ether oxygens (including phenoxy) is 1. The first-order chi connectivity index (χ1) is 11.2. The number of halogens is 2. The van der Waals surface area contributed by atoms with Crippen LogP contribution in [0.4, 0.5) is 14.5 Å². The van der Waals surface area contributed by atoms with Crippen molar-refractivity contribution in [3.05, 3.63) is 59.4 Å². The minimum Gasteiger partial charge on any atom is -0.465 e. The number of nitrogens with zero attached hydrogens (tertiary/aromatic N) is 2. The van der Waals surface area contributed by atoms with E-state index in [0.29, 0.717) is 0 Å². The van der Waals surface area contributed by atoms with Gasteiger partial charge in [0.2, 0.25) is 10.0 Å². The van der Waals surface area contributed by atoms with Crippen LogP contribution in [0, 0.1) is 11.6 Å². The van der Waals surface area contributed by atoms with Crippen LogP contribution < -0.4 is 4.31 Å². The number of hydrogen-bond acceptors (Lipinski definition) is 5. The van der Waals surface area contributed by atoms with E-state index in [1.54, 1.807) is 0 Å². The first kappa shape index (κ1) is 17.8. The molecule has 2 aromatic rings. The molecular weight excluding hydrogens is 342 g/mol. The lowest BCUT2D eigenvalue weighted by Crippen LogP contribution is -2.30. The molecule has 0 amide bonds. The van der Waals surface area contributed by atoms with Gasteiger partial charge >= 0.3 is 5.97 Å². The van der Waals surface area contributed by atoms with E-state index in [-0.39, 0.29) is 23.4 Å². The molecule has 0 bridgehead atoms. The highest BCUT2D eigenvalue weighted by Gasteiger charge is 2.21. The molecule has 1 heterocycles. The number of esters is 1. The van der Waals surface area contributed by atoms with Crippen LogP contribution in [0.15, 0.2) is 36.7 Å². The fourth-order valence-electron chi connectivity index (χ4n) is 2.01. The zero-order chi connectivity index (χ0) is 17.9. The molecule has 0 saturated carbocycles. The van der Waals surface area contributed by atoms with Gasteiger partial charge in [-0.1, -0.05) is 6.07 Å². The fraction of sp³-hybridized carbons (Fsp3) is 0.200. The molecule has 0 unspecified atom stereocenters. The summed E-state index contributed by atoms with van der Waals surface area (Å²) in [6.45, 7) is -0.378. The number of anilines is 1. The summed E-state index contributed by atoms with van der Waals surface area (Å²) in [5.41, 5.74) is -0.0247. The fourth-order valence-corrected chi connectivity index (χ4v) is 2.87. The summed E-state index contributed by atoms with van der Waals surface area (Å²) in [6.07, 6.45) is 3.00. The van der Waals surface area contributed by atoms with Gasteiger partial charge in [0.05, 0.1) is 43.6 Å². The predicted molar refractivity (Wildman–Crippen MR) is 83.0 cm³/mol. The quantitative estimate of drug-likeness (QED) is 0.767. The number of methoxy groups -OCH3 is 1. The molecule has 1 aromatic heterocycles. The topological polar surface area (TPSA) is 76.6 Å². The minimum absolute atomic E-state index is 0.00271. The first-order valence-corrected chi connectivity index (χ1v) is 8.52. The second-order valence-electron chi connectivity index (χ2n) is 4.93. The molecule has 0 aliphatic carbocycles. The highest BCUT2D eigenvalue weighted by atomic mass is 32.2. The lowest BCUT2D eigenvalue weighted by atomic mass is 10.1. The van der Waals surface area contributed by atoms with Crippen LogP contribution in [-0.2, 0) is 21.3 Å². The van der Waals surface area contributed by atoms with Gasteiger partial charge < -0.3 is 4.74 Å². The van der Waals surface area contributed by atoms with Gasteiger partial charge in [0.25, 0.3) is 0 Å². The van der Waals surface area contributed by atoms with E-state index in [1.807, 2.05) is 0 Å². The van der Waals surface area contributed by atoms with Crippen LogP contribution in [-0.4, -0.2) is 32.7 Å². The Morgan fingerprint density at radius 2 is 1.96 bits per heavy atom. The van der Waals surface area contributed by atoms with Crippen LogP contribution in [0.2, 0.25) is 0 Å². The van der Waals surface area contributed by atoms with Gasteiger partial charge in [-0.15, -0.1) is 0 Å². The Kier molecular flexibility index (Phi) is 5.13. The molecule has 0 radical (unpaired) electrons. The lowest BCUT2D eigenvalue weighted by molar-refractivity contribution is 0.0600. The van der Waals surface area contributed by atoms with Gasteiger partial charge in [-0.3, -0.25) is 9.29 Å². The molecule has 1 aromatic carbocycles. The van der Waals surface area contributed by atoms with Gasteiger partial charge in [-0.2, -0.15) is 0 Å². The summed E-state index contributed by atoms with van der Waals surface area (Å²) in [7, 11) is -2.65. The van der Waals surface area contributed by atoms with Crippen molar-refractivity contribution in [2.75, 3.05) is 17.7 Å². The van der Waals surface area contributed by atoms with Crippen molar-refractivity contribution in [2.45, 2.75) is 6.54 Å². The zero-order valence-corrected chi connectivity index (χ0v) is 13.7. The largest absolute Gasteiger partial charge is 0.465 e. The Labute approximate surface area is 137 Å². The van der Waals surface area contributed by atoms with E-state index in [0.717, 1.165) is 42.2 Å². The monoisotopic (exact) mass is 356 g/mol. The first-order valence-electron chi connectivity index (χ1n) is 6.67. The van der Waals surface area contributed by atoms with E-state index < -0.39 is 27.6 Å². The second kappa shape index (κ2) is 6.91. The van der Waals surface area contributed by atoms with Crippen LogP contribution in [0.5, 0.6) is 0 Å². The Bertz CT molecular complexity index is 872. The average molecular weight is 356 g/mol. The van der Waals surface area contributed by atoms with Gasteiger partial charge in [0.15, 0.2) is 0 Å². The van der Waals surface area contributed by atoms with Crippen molar-refractivity contribution in [1.82, 2.24) is 4.98 Å². The minimum atomic E-state index is -3.81. The van der Waals surface area contributed by atoms with Crippen molar-refractivity contribution in [3.8, 4) is 0 Å². The number of aromatic nitrogens is 1. The molecule has 0 aliphatic rings. The van der Waals surface area contributed by atoms with Crippen molar-refractivity contribution in [3.63, 3.8) is 0 Å². The van der Waals surface area contributed by atoms with E-state index in [1.165, 1.54) is 12.1 Å². The smallest absolute Gasteiger partial charge is 0.337 e. The molecule has 0 N–H and O–H groups in total. The van der Waals surface area contributed by atoms with Gasteiger partial charge in [0.1, 0.15) is 11.6 Å². The number of sulfonamides is 1. The molecular formula is C15H14F2N2O4S. The summed E-state index contributed by atoms with van der Waals surface area (Å²) >= 11 is 0. The van der Waals surface area contributed by atoms with Crippen molar-refractivity contribution in [2.24, 2.45) is 0 Å². The van der Waals surface area contributed by atoms with Gasteiger partial charge in [0, 0.05) is 11.6 Å². The maximum atomic E-state index is 14.2. The summed E-state index contributed by atoms with van der Waals surface area (Å²) in [6, 6.07) is 4.52. The number of benzene rings is 1. The molecule has 24 heavy (non-hydrogen) atoms. The number of carbonyl (C=O) groups is 1. The van der Waals surface area contributed by atoms with Crippen molar-refractivity contribution in [1.29, 1.82) is 0 Å². The molecule has 0 fully saturated rings. The summed E-state index contributed by atoms with van der Waals surface area (Å²) in [5.74, 6) is -2.21. The number of hydrogen-bond donors (Lipinski definition) is 0. The SMILES string of the molecule is COC(=O)c1ccc(CN(c2cncc(F)c2)S(C)(=O)=O)c(F)c1. The van der Waals surface area contributed by atoms with E-state index in [9.17, 15) is 22.0 Å². The summed E-state index contributed by atoms with van der Waals surface area (Å²) in [4.78, 5) is 15.0. The van der Waals surface area contributed by atoms with E-state index >= 15 is 0 Å². The van der Waals surface area contributed by atoms with Crippen LogP contribution in [0.25, 0.3) is 0 Å². The van der Waals surface area contributed by atoms with E-state index in [2.05, 4.69) is 9.72 Å². The van der Waals surface area contributed by atoms with Crippen molar-refractivity contribution < 1.29 is 26.7 Å². The normalized spacial score (nSPS) is 11.2. The standard InChI is InChI=1S/C15H14F2N2O4S/c1-23-15(20)10-3-4-11(14(17)5-10)9-19(24(2,21)22)13-6-12(16)7-18-8-13/h3-8H,9H2,1-2H3. The molecule has 0 spiro atoms. The third kappa shape index (κ3) is 4.05. The molecule has 128 valence electrons. The maximum absolute atomic E-state index is 14.2. The predicted octanol–water partition coefficient (Wildman–Crippen LogP) is 2.11. The van der Waals surface area contributed by atoms with Gasteiger partial charge in [-0.25, -0.2) is 22.0 Å². The Hall–Kier alpha value is -2.55. The molecule has 2 rings (SSSR count). The second-order valence-corrected chi connectivity index (χ2v) is 6.84. The summed E-state index contributed by atoms with van der Waals surface area (Å²) in [5, 5.41) is 0. The number of carbonyl (C=O) groups excluding carboxylic acids is 1. The Balaban J connectivity index is 2.39. The molecule has 0 saturated heterocycles. The average Bonchev–Trinajstić information content (AvgIpc) is 2.51. The van der Waals surface area contributed by atoms with Crippen LogP contribution in [0.1, 0.15) is 15.9 Å². The van der Waals surface area contributed by atoms with Crippen molar-refractivity contribution >= 4 is 21.7 Å². The van der Waals surface area contributed by atoms with E-state index in [4.69, 9.17) is 0 Å². The van der Waals surface area contributed by atoms with Crippen LogP contribution in [0.3, 0.4) is 0 Å². The zero-order valence-electron chi connectivity index (χ0n) is 12.9. The molecule has 9 heteroatoms. The maximum Gasteiger partial charge on any atom is 0.337 e. The Morgan fingerprint density at radius 1 is 1.25 bits per heavy atom. The summed E-state index contributed by atoms with van der Waals surface area (Å²) < 4.78 is 56.7. The number of pyridine rings is 1. The van der Waals surface area contributed by atoms with Gasteiger partial charge in [-0.05, 0) is 12.1 Å². The lowest BCUT2D eigenvalue weighted by Gasteiger charge is -2.22. The Morgan fingerprint density at radius 3 is 2.50 bits per heavy atom. The molecule has 0 atom stereocenters. The highest BCUT2D eigenvalue weighted by molar-refractivity contribution is 7.92. The molecule has 0 aliphatic heterocycles.